The summed E-state index contributed by atoms with van der Waals surface area (Å²) in [7, 11) is 0. The van der Waals surface area contributed by atoms with E-state index < -0.39 is 0 Å². The lowest BCUT2D eigenvalue weighted by Crippen LogP contribution is -2.32. The maximum atomic E-state index is 12.4. The van der Waals surface area contributed by atoms with Crippen molar-refractivity contribution in [2.75, 3.05) is 13.1 Å². The third-order valence-corrected chi connectivity index (χ3v) is 4.17. The van der Waals surface area contributed by atoms with Gasteiger partial charge in [-0.15, -0.1) is 0 Å². The number of rotatable bonds is 4. The minimum absolute atomic E-state index is 0.210. The molecule has 4 nitrogen and oxygen atoms in total. The van der Waals surface area contributed by atoms with Crippen LogP contribution in [0, 0.1) is 5.92 Å². The van der Waals surface area contributed by atoms with Gasteiger partial charge in [0.05, 0.1) is 17.6 Å². The molecule has 0 spiro atoms. The summed E-state index contributed by atoms with van der Waals surface area (Å²) in [6.45, 7) is 4.83. The van der Waals surface area contributed by atoms with Crippen molar-refractivity contribution in [3.8, 4) is 0 Å². The fourth-order valence-electron chi connectivity index (χ4n) is 3.02. The van der Waals surface area contributed by atoms with Gasteiger partial charge < -0.3 is 5.32 Å². The predicted molar refractivity (Wildman–Crippen MR) is 79.7 cm³/mol. The van der Waals surface area contributed by atoms with E-state index in [0.717, 1.165) is 49.1 Å². The minimum Gasteiger partial charge on any atom is -0.317 e. The van der Waals surface area contributed by atoms with Gasteiger partial charge in [-0.3, -0.25) is 9.48 Å². The molecule has 1 fully saturated rings. The number of hydrogen-bond donors (Lipinski definition) is 1. The number of benzene rings is 1. The van der Waals surface area contributed by atoms with Gasteiger partial charge in [-0.2, -0.15) is 5.10 Å². The lowest BCUT2D eigenvalue weighted by atomic mass is 9.91. The van der Waals surface area contributed by atoms with E-state index in [9.17, 15) is 4.79 Å². The second-order valence-corrected chi connectivity index (χ2v) is 5.45. The normalized spacial score (nSPS) is 16.6. The number of ketones is 1. The van der Waals surface area contributed by atoms with Crippen molar-refractivity contribution >= 4 is 16.7 Å². The number of nitrogens with one attached hydrogen (secondary N) is 1. The number of carbonyl (C=O) groups excluding carboxylic acids is 1. The van der Waals surface area contributed by atoms with E-state index in [2.05, 4.69) is 29.5 Å². The summed E-state index contributed by atoms with van der Waals surface area (Å²) in [5, 5.41) is 9.05. The molecule has 2 heterocycles. The van der Waals surface area contributed by atoms with E-state index in [4.69, 9.17) is 0 Å². The van der Waals surface area contributed by atoms with Crippen molar-refractivity contribution in [2.45, 2.75) is 32.7 Å². The van der Waals surface area contributed by atoms with E-state index in [1.807, 2.05) is 16.8 Å². The molecule has 1 aromatic heterocycles. The highest BCUT2D eigenvalue weighted by Gasteiger charge is 2.22. The van der Waals surface area contributed by atoms with Crippen LogP contribution in [-0.2, 0) is 17.8 Å². The van der Waals surface area contributed by atoms with Crippen molar-refractivity contribution in [3.05, 3.63) is 30.0 Å². The molecule has 0 radical (unpaired) electrons. The molecular weight excluding hydrogens is 250 g/mol. The van der Waals surface area contributed by atoms with Gasteiger partial charge in [0.1, 0.15) is 5.78 Å². The first-order valence-electron chi connectivity index (χ1n) is 7.47. The average Bonchev–Trinajstić information content (AvgIpc) is 2.86. The molecule has 4 heteroatoms. The van der Waals surface area contributed by atoms with E-state index in [-0.39, 0.29) is 5.92 Å². The number of aromatic nitrogens is 2. The smallest absolute Gasteiger partial charge is 0.142 e. The Labute approximate surface area is 119 Å². The molecule has 2 aromatic rings. The molecule has 1 aliphatic rings. The topological polar surface area (TPSA) is 46.9 Å². The van der Waals surface area contributed by atoms with Crippen LogP contribution < -0.4 is 5.32 Å². The van der Waals surface area contributed by atoms with Crippen LogP contribution in [-0.4, -0.2) is 28.7 Å². The molecule has 0 unspecified atom stereocenters. The summed E-state index contributed by atoms with van der Waals surface area (Å²) in [5.74, 6) is 0.555. The average molecular weight is 271 g/mol. The SMILES string of the molecule is CCn1nc(CC(=O)C2CCNCC2)c2ccccc21. The maximum Gasteiger partial charge on any atom is 0.142 e. The van der Waals surface area contributed by atoms with Gasteiger partial charge in [-0.1, -0.05) is 18.2 Å². The molecule has 0 bridgehead atoms. The Morgan fingerprint density at radius 2 is 2.10 bits per heavy atom. The summed E-state index contributed by atoms with van der Waals surface area (Å²) in [6, 6.07) is 8.18. The fraction of sp³-hybridized carbons (Fsp3) is 0.500. The molecule has 0 saturated carbocycles. The molecule has 1 saturated heterocycles. The number of carbonyl (C=O) groups is 1. The van der Waals surface area contributed by atoms with E-state index >= 15 is 0 Å². The van der Waals surface area contributed by atoms with Crippen LogP contribution in [0.5, 0.6) is 0 Å². The second-order valence-electron chi connectivity index (χ2n) is 5.45. The van der Waals surface area contributed by atoms with Crippen LogP contribution in [0.3, 0.4) is 0 Å². The molecule has 106 valence electrons. The summed E-state index contributed by atoms with van der Waals surface area (Å²) >= 11 is 0. The Morgan fingerprint density at radius 1 is 1.35 bits per heavy atom. The Morgan fingerprint density at radius 3 is 2.85 bits per heavy atom. The van der Waals surface area contributed by atoms with Gasteiger partial charge in [0, 0.05) is 17.8 Å². The van der Waals surface area contributed by atoms with Gasteiger partial charge >= 0.3 is 0 Å². The molecule has 1 aliphatic heterocycles. The number of aryl methyl sites for hydroxylation is 1. The van der Waals surface area contributed by atoms with Crippen LogP contribution >= 0.6 is 0 Å². The van der Waals surface area contributed by atoms with E-state index in [1.165, 1.54) is 0 Å². The predicted octanol–water partition coefficient (Wildman–Crippen LogP) is 2.17. The molecule has 0 aliphatic carbocycles. The summed E-state index contributed by atoms with van der Waals surface area (Å²) in [6.07, 6.45) is 2.40. The van der Waals surface area contributed by atoms with Gasteiger partial charge in [0.2, 0.25) is 0 Å². The third kappa shape index (κ3) is 2.48. The van der Waals surface area contributed by atoms with Crippen molar-refractivity contribution in [2.24, 2.45) is 5.92 Å². The first-order chi connectivity index (χ1) is 9.79. The number of para-hydroxylation sites is 1. The molecule has 1 aromatic carbocycles. The summed E-state index contributed by atoms with van der Waals surface area (Å²) < 4.78 is 1.99. The highest BCUT2D eigenvalue weighted by Crippen LogP contribution is 2.21. The Kier molecular flexibility index (Phi) is 3.83. The highest BCUT2D eigenvalue weighted by molar-refractivity contribution is 5.89. The van der Waals surface area contributed by atoms with Crippen molar-refractivity contribution in [1.82, 2.24) is 15.1 Å². The second kappa shape index (κ2) is 5.75. The number of piperidine rings is 1. The Balaban J connectivity index is 1.85. The van der Waals surface area contributed by atoms with Crippen molar-refractivity contribution in [1.29, 1.82) is 0 Å². The number of nitrogens with zero attached hydrogens (tertiary/aromatic N) is 2. The molecule has 1 N–H and O–H groups in total. The minimum atomic E-state index is 0.210. The molecule has 0 atom stereocenters. The number of fused-ring (bicyclic) bond motifs is 1. The third-order valence-electron chi connectivity index (χ3n) is 4.17. The lowest BCUT2D eigenvalue weighted by molar-refractivity contribution is -0.122. The first kappa shape index (κ1) is 13.3. The van der Waals surface area contributed by atoms with Crippen LogP contribution in [0.2, 0.25) is 0 Å². The number of Topliss-reactive ketones (excluding diaryl/α,β-unsaturated/α-hetero) is 1. The molecule has 20 heavy (non-hydrogen) atoms. The van der Waals surface area contributed by atoms with Crippen LogP contribution in [0.15, 0.2) is 24.3 Å². The standard InChI is InChI=1S/C16H21N3O/c1-2-19-15-6-4-3-5-13(15)14(18-19)11-16(20)12-7-9-17-10-8-12/h3-6,12,17H,2,7-11H2,1H3. The largest absolute Gasteiger partial charge is 0.317 e. The molecule has 3 rings (SSSR count). The van der Waals surface area contributed by atoms with Crippen LogP contribution in [0.4, 0.5) is 0 Å². The zero-order valence-electron chi connectivity index (χ0n) is 11.9. The van der Waals surface area contributed by atoms with Crippen molar-refractivity contribution < 1.29 is 4.79 Å². The lowest BCUT2D eigenvalue weighted by Gasteiger charge is -2.20. The zero-order valence-corrected chi connectivity index (χ0v) is 11.9. The molecule has 0 amide bonds. The van der Waals surface area contributed by atoms with E-state index in [0.29, 0.717) is 12.2 Å². The monoisotopic (exact) mass is 271 g/mol. The molecular formula is C16H21N3O. The van der Waals surface area contributed by atoms with Gasteiger partial charge in [-0.05, 0) is 38.9 Å². The number of hydrogen-bond acceptors (Lipinski definition) is 3. The Hall–Kier alpha value is -1.68. The van der Waals surface area contributed by atoms with Crippen LogP contribution in [0.25, 0.3) is 10.9 Å². The van der Waals surface area contributed by atoms with Gasteiger partial charge in [-0.25, -0.2) is 0 Å². The summed E-state index contributed by atoms with van der Waals surface area (Å²) in [4.78, 5) is 12.4. The van der Waals surface area contributed by atoms with Crippen LogP contribution in [0.1, 0.15) is 25.5 Å². The zero-order chi connectivity index (χ0) is 13.9. The maximum absolute atomic E-state index is 12.4. The van der Waals surface area contributed by atoms with Crippen molar-refractivity contribution in [3.63, 3.8) is 0 Å². The van der Waals surface area contributed by atoms with Gasteiger partial charge in [0.15, 0.2) is 0 Å². The first-order valence-corrected chi connectivity index (χ1v) is 7.47. The van der Waals surface area contributed by atoms with Gasteiger partial charge in [0.25, 0.3) is 0 Å². The van der Waals surface area contributed by atoms with E-state index in [1.54, 1.807) is 0 Å². The Bertz CT molecular complexity index is 611. The quantitative estimate of drug-likeness (QED) is 0.927. The highest BCUT2D eigenvalue weighted by atomic mass is 16.1. The summed E-state index contributed by atoms with van der Waals surface area (Å²) in [5.41, 5.74) is 2.06. The fourth-order valence-corrected chi connectivity index (χ4v) is 3.02.